The highest BCUT2D eigenvalue weighted by atomic mass is 35.5. The summed E-state index contributed by atoms with van der Waals surface area (Å²) in [4.78, 5) is 28.8. The fourth-order valence-electron chi connectivity index (χ4n) is 5.05. The maximum Gasteiger partial charge on any atom is 0.245 e. The van der Waals surface area contributed by atoms with E-state index < -0.39 is 11.3 Å². The van der Waals surface area contributed by atoms with Crippen molar-refractivity contribution < 1.29 is 9.59 Å². The molecule has 1 amide bonds. The maximum atomic E-state index is 13.6. The van der Waals surface area contributed by atoms with Crippen LogP contribution in [0.15, 0.2) is 65.1 Å². The summed E-state index contributed by atoms with van der Waals surface area (Å²) in [6.45, 7) is 1.80. The van der Waals surface area contributed by atoms with Gasteiger partial charge in [-0.25, -0.2) is 0 Å². The van der Waals surface area contributed by atoms with Gasteiger partial charge in [0.1, 0.15) is 17.3 Å². The Morgan fingerprint density at radius 2 is 1.90 bits per heavy atom. The number of amides is 1. The van der Waals surface area contributed by atoms with Gasteiger partial charge in [-0.1, -0.05) is 35.9 Å². The molecule has 2 aromatic rings. The van der Waals surface area contributed by atoms with E-state index in [-0.39, 0.29) is 17.2 Å². The van der Waals surface area contributed by atoms with Gasteiger partial charge in [-0.05, 0) is 43.5 Å². The molecule has 1 aliphatic carbocycles. The largest absolute Gasteiger partial charge is 0.384 e. The van der Waals surface area contributed by atoms with Crippen LogP contribution in [0.4, 0.5) is 11.4 Å². The Labute approximate surface area is 184 Å². The van der Waals surface area contributed by atoms with Crippen LogP contribution in [0.3, 0.4) is 0 Å². The zero-order valence-electron chi connectivity index (χ0n) is 16.8. The maximum absolute atomic E-state index is 13.6. The summed E-state index contributed by atoms with van der Waals surface area (Å²) in [5, 5.41) is 13.6. The molecular formula is C24H19ClN4O2. The van der Waals surface area contributed by atoms with Crippen molar-refractivity contribution in [2.45, 2.75) is 31.6 Å². The van der Waals surface area contributed by atoms with Crippen molar-refractivity contribution in [2.75, 3.05) is 10.2 Å². The molecule has 154 valence electrons. The minimum absolute atomic E-state index is 0.0586. The van der Waals surface area contributed by atoms with Crippen LogP contribution in [-0.4, -0.2) is 11.7 Å². The lowest BCUT2D eigenvalue weighted by Crippen LogP contribution is -2.50. The van der Waals surface area contributed by atoms with Gasteiger partial charge in [0.15, 0.2) is 5.78 Å². The van der Waals surface area contributed by atoms with E-state index in [0.717, 1.165) is 5.69 Å². The normalized spacial score (nSPS) is 22.4. The predicted molar refractivity (Wildman–Crippen MR) is 118 cm³/mol. The molecular weight excluding hydrogens is 412 g/mol. The number of halogens is 1. The van der Waals surface area contributed by atoms with Crippen molar-refractivity contribution in [2.24, 2.45) is 5.73 Å². The smallest absolute Gasteiger partial charge is 0.245 e. The fourth-order valence-corrected chi connectivity index (χ4v) is 5.21. The number of carbonyl (C=O) groups is 2. The Balaban J connectivity index is 1.91. The van der Waals surface area contributed by atoms with Crippen molar-refractivity contribution >= 4 is 34.7 Å². The number of nitrogens with zero attached hydrogens (tertiary/aromatic N) is 2. The van der Waals surface area contributed by atoms with E-state index in [1.807, 2.05) is 30.3 Å². The molecule has 0 aromatic heterocycles. The molecule has 7 heteroatoms. The average Bonchev–Trinajstić information content (AvgIpc) is 3.05. The second-order valence-electron chi connectivity index (χ2n) is 7.94. The van der Waals surface area contributed by atoms with Crippen LogP contribution in [0.25, 0.3) is 0 Å². The van der Waals surface area contributed by atoms with Crippen molar-refractivity contribution in [1.82, 2.24) is 0 Å². The first-order valence-electron chi connectivity index (χ1n) is 10.1. The number of nitrogens with two attached hydrogens (primary N) is 1. The van der Waals surface area contributed by atoms with Crippen LogP contribution in [0, 0.1) is 18.3 Å². The number of benzene rings is 2. The molecule has 0 radical (unpaired) electrons. The van der Waals surface area contributed by atoms with Gasteiger partial charge in [0.05, 0.1) is 11.3 Å². The van der Waals surface area contributed by atoms with Crippen LogP contribution >= 0.6 is 11.6 Å². The van der Waals surface area contributed by atoms with E-state index in [1.165, 1.54) is 0 Å². The van der Waals surface area contributed by atoms with Crippen LogP contribution in [0.2, 0.25) is 5.02 Å². The molecule has 2 aromatic carbocycles. The lowest BCUT2D eigenvalue weighted by Gasteiger charge is -2.43. The van der Waals surface area contributed by atoms with Crippen LogP contribution in [0.5, 0.6) is 0 Å². The van der Waals surface area contributed by atoms with Gasteiger partial charge >= 0.3 is 0 Å². The molecule has 3 N–H and O–H groups in total. The number of para-hydroxylation sites is 1. The molecule has 0 fully saturated rings. The van der Waals surface area contributed by atoms with E-state index >= 15 is 0 Å². The Kier molecular flexibility index (Phi) is 4.21. The summed E-state index contributed by atoms with van der Waals surface area (Å²) in [6.07, 6.45) is 1.55. The summed E-state index contributed by atoms with van der Waals surface area (Å²) >= 11 is 6.30. The van der Waals surface area contributed by atoms with Crippen molar-refractivity contribution in [3.05, 3.63) is 81.3 Å². The SMILES string of the molecule is Cc1c(Cl)ccc2c1NC(=O)C21C(C#N)=C(N)N(c2ccccc2)C2=C1C(=O)CCC2. The Bertz CT molecular complexity index is 1270. The molecule has 0 saturated carbocycles. The lowest BCUT2D eigenvalue weighted by atomic mass is 9.63. The minimum Gasteiger partial charge on any atom is -0.384 e. The van der Waals surface area contributed by atoms with Gasteiger partial charge in [0.2, 0.25) is 5.91 Å². The molecule has 1 spiro atoms. The second kappa shape index (κ2) is 6.73. The standard InChI is InChI=1S/C24H19ClN4O2/c1-13-17(25)11-10-15-21(13)28-23(31)24(15)16(12-26)22(27)29(14-6-3-2-4-7-14)18-8-5-9-19(30)20(18)24/h2-4,6-7,10-11H,5,8-9,27H2,1H3,(H,28,31). The summed E-state index contributed by atoms with van der Waals surface area (Å²) < 4.78 is 0. The van der Waals surface area contributed by atoms with Gasteiger partial charge in [-0.15, -0.1) is 0 Å². The highest BCUT2D eigenvalue weighted by Crippen LogP contribution is 2.56. The van der Waals surface area contributed by atoms with Crippen LogP contribution in [-0.2, 0) is 15.0 Å². The van der Waals surface area contributed by atoms with E-state index in [9.17, 15) is 14.9 Å². The van der Waals surface area contributed by atoms with E-state index in [0.29, 0.717) is 52.4 Å². The zero-order valence-corrected chi connectivity index (χ0v) is 17.6. The molecule has 31 heavy (non-hydrogen) atoms. The van der Waals surface area contributed by atoms with Crippen molar-refractivity contribution in [3.63, 3.8) is 0 Å². The molecule has 0 bridgehead atoms. The second-order valence-corrected chi connectivity index (χ2v) is 8.35. The first-order chi connectivity index (χ1) is 14.9. The van der Waals surface area contributed by atoms with E-state index in [2.05, 4.69) is 11.4 Å². The average molecular weight is 431 g/mol. The van der Waals surface area contributed by atoms with Crippen LogP contribution < -0.4 is 16.0 Å². The quantitative estimate of drug-likeness (QED) is 0.710. The van der Waals surface area contributed by atoms with Gasteiger partial charge in [-0.2, -0.15) is 5.26 Å². The first-order valence-corrected chi connectivity index (χ1v) is 10.4. The molecule has 1 unspecified atom stereocenters. The fraction of sp³-hybridized carbons (Fsp3) is 0.208. The summed E-state index contributed by atoms with van der Waals surface area (Å²) in [5.74, 6) is -0.418. The highest BCUT2D eigenvalue weighted by Gasteiger charge is 2.60. The van der Waals surface area contributed by atoms with Gasteiger partial charge in [0.25, 0.3) is 0 Å². The van der Waals surface area contributed by atoms with Gasteiger partial charge < -0.3 is 11.1 Å². The minimum atomic E-state index is -1.57. The number of hydrogen-bond donors (Lipinski definition) is 2. The number of carbonyl (C=O) groups excluding carboxylic acids is 2. The summed E-state index contributed by atoms with van der Waals surface area (Å²) in [6, 6.07) is 15.0. The van der Waals surface area contributed by atoms with Gasteiger partial charge in [-0.3, -0.25) is 14.5 Å². The summed E-state index contributed by atoms with van der Waals surface area (Å²) in [7, 11) is 0. The third-order valence-electron chi connectivity index (χ3n) is 6.41. The number of nitriles is 1. The Hall–Kier alpha value is -3.56. The Morgan fingerprint density at radius 1 is 1.16 bits per heavy atom. The molecule has 5 rings (SSSR count). The number of anilines is 2. The molecule has 2 aliphatic heterocycles. The number of hydrogen-bond acceptors (Lipinski definition) is 5. The number of Topliss-reactive ketones (excluding diaryl/α,β-unsaturated/α-hetero) is 1. The van der Waals surface area contributed by atoms with Crippen molar-refractivity contribution in [3.8, 4) is 6.07 Å². The first kappa shape index (κ1) is 19.4. The number of rotatable bonds is 1. The monoisotopic (exact) mass is 430 g/mol. The third kappa shape index (κ3) is 2.38. The third-order valence-corrected chi connectivity index (χ3v) is 6.82. The predicted octanol–water partition coefficient (Wildman–Crippen LogP) is 4.06. The molecule has 6 nitrogen and oxygen atoms in total. The highest BCUT2D eigenvalue weighted by molar-refractivity contribution is 6.32. The molecule has 1 atom stereocenters. The summed E-state index contributed by atoms with van der Waals surface area (Å²) in [5.41, 5.74) is 8.62. The van der Waals surface area contributed by atoms with E-state index in [4.69, 9.17) is 17.3 Å². The number of allylic oxidation sites excluding steroid dienone is 1. The zero-order chi connectivity index (χ0) is 21.9. The van der Waals surface area contributed by atoms with Gasteiger partial charge in [0, 0.05) is 34.0 Å². The molecule has 0 saturated heterocycles. The number of fused-ring (bicyclic) bond motifs is 3. The van der Waals surface area contributed by atoms with E-state index in [1.54, 1.807) is 24.0 Å². The number of ketones is 1. The molecule has 2 heterocycles. The molecule has 3 aliphatic rings. The number of nitrogens with one attached hydrogen (secondary N) is 1. The lowest BCUT2D eigenvalue weighted by molar-refractivity contribution is -0.122. The topological polar surface area (TPSA) is 99.2 Å². The van der Waals surface area contributed by atoms with Crippen molar-refractivity contribution in [1.29, 1.82) is 5.26 Å². The van der Waals surface area contributed by atoms with Crippen LogP contribution in [0.1, 0.15) is 30.4 Å². The Morgan fingerprint density at radius 3 is 2.61 bits per heavy atom.